The van der Waals surface area contributed by atoms with Crippen LogP contribution >= 0.6 is 0 Å². The highest BCUT2D eigenvalue weighted by molar-refractivity contribution is 5.69. The van der Waals surface area contributed by atoms with Gasteiger partial charge in [0, 0.05) is 18.7 Å². The van der Waals surface area contributed by atoms with Crippen molar-refractivity contribution in [1.82, 2.24) is 9.97 Å². The largest absolute Gasteiger partial charge is 0.490 e. The van der Waals surface area contributed by atoms with Crippen molar-refractivity contribution in [3.8, 4) is 5.75 Å². The van der Waals surface area contributed by atoms with Gasteiger partial charge in [0.25, 0.3) is 0 Å². The van der Waals surface area contributed by atoms with Crippen LogP contribution in [0.3, 0.4) is 0 Å². The van der Waals surface area contributed by atoms with Crippen molar-refractivity contribution in [2.75, 3.05) is 24.3 Å². The van der Waals surface area contributed by atoms with Gasteiger partial charge in [0.05, 0.1) is 12.8 Å². The lowest BCUT2D eigenvalue weighted by atomic mass is 10.2. The Morgan fingerprint density at radius 2 is 1.86 bits per heavy atom. The molecule has 5 nitrogen and oxygen atoms in total. The molecule has 2 rings (SSSR count). The number of benzene rings is 1. The van der Waals surface area contributed by atoms with Crippen molar-refractivity contribution >= 4 is 17.3 Å². The second-order valence-electron chi connectivity index (χ2n) is 4.01. The van der Waals surface area contributed by atoms with Gasteiger partial charge in [0.15, 0.2) is 23.3 Å². The van der Waals surface area contributed by atoms with Crippen LogP contribution < -0.4 is 15.4 Å². The normalized spacial score (nSPS) is 10.3. The number of halogens is 3. The van der Waals surface area contributed by atoms with Gasteiger partial charge < -0.3 is 15.4 Å². The molecular weight excluding hydrogens is 285 g/mol. The van der Waals surface area contributed by atoms with Gasteiger partial charge in [0.1, 0.15) is 12.1 Å². The minimum Gasteiger partial charge on any atom is -0.490 e. The molecular formula is C13H13F3N4O. The highest BCUT2D eigenvalue weighted by Crippen LogP contribution is 2.32. The maximum Gasteiger partial charge on any atom is 0.204 e. The molecule has 0 unspecified atom stereocenters. The van der Waals surface area contributed by atoms with Gasteiger partial charge in [-0.2, -0.15) is 0 Å². The first-order valence-corrected chi connectivity index (χ1v) is 6.11. The summed E-state index contributed by atoms with van der Waals surface area (Å²) in [7, 11) is 1.38. The molecule has 2 aromatic rings. The summed E-state index contributed by atoms with van der Waals surface area (Å²) in [5, 5.41) is 5.43. The van der Waals surface area contributed by atoms with Crippen molar-refractivity contribution in [2.45, 2.75) is 6.92 Å². The minimum absolute atomic E-state index is 0.0901. The predicted octanol–water partition coefficient (Wildman–Crippen LogP) is 3.08. The maximum atomic E-state index is 13.6. The first-order chi connectivity index (χ1) is 10.1. The molecule has 1 aromatic carbocycles. The van der Waals surface area contributed by atoms with Crippen LogP contribution in [0.5, 0.6) is 5.75 Å². The summed E-state index contributed by atoms with van der Waals surface area (Å²) in [4.78, 5) is 7.86. The van der Waals surface area contributed by atoms with Crippen molar-refractivity contribution in [1.29, 1.82) is 0 Å². The third-order valence-corrected chi connectivity index (χ3v) is 2.60. The summed E-state index contributed by atoms with van der Waals surface area (Å²) in [6.45, 7) is 2.44. The van der Waals surface area contributed by atoms with Gasteiger partial charge in [-0.1, -0.05) is 0 Å². The Bertz CT molecular complexity index is 652. The topological polar surface area (TPSA) is 59.1 Å². The van der Waals surface area contributed by atoms with Gasteiger partial charge in [-0.3, -0.25) is 0 Å². The number of hydrogen-bond donors (Lipinski definition) is 2. The summed E-state index contributed by atoms with van der Waals surface area (Å²) < 4.78 is 45.2. The van der Waals surface area contributed by atoms with E-state index >= 15 is 0 Å². The molecule has 1 heterocycles. The molecule has 112 valence electrons. The monoisotopic (exact) mass is 298 g/mol. The van der Waals surface area contributed by atoms with E-state index in [9.17, 15) is 13.2 Å². The van der Waals surface area contributed by atoms with E-state index in [1.165, 1.54) is 13.4 Å². The molecule has 0 aliphatic heterocycles. The number of nitrogens with one attached hydrogen (secondary N) is 2. The molecule has 0 amide bonds. The zero-order valence-corrected chi connectivity index (χ0v) is 11.4. The fourth-order valence-corrected chi connectivity index (χ4v) is 1.72. The molecule has 0 atom stereocenters. The minimum atomic E-state index is -1.29. The lowest BCUT2D eigenvalue weighted by molar-refractivity contribution is 0.415. The first-order valence-electron chi connectivity index (χ1n) is 6.11. The van der Waals surface area contributed by atoms with Crippen molar-refractivity contribution in [2.24, 2.45) is 0 Å². The molecule has 0 radical (unpaired) electrons. The van der Waals surface area contributed by atoms with Crippen LogP contribution in [0.2, 0.25) is 0 Å². The smallest absolute Gasteiger partial charge is 0.204 e. The van der Waals surface area contributed by atoms with Crippen molar-refractivity contribution < 1.29 is 17.9 Å². The fraction of sp³-hybridized carbons (Fsp3) is 0.231. The highest BCUT2D eigenvalue weighted by Gasteiger charge is 2.16. The molecule has 0 saturated carbocycles. The van der Waals surface area contributed by atoms with Crippen LogP contribution in [0.15, 0.2) is 18.5 Å². The van der Waals surface area contributed by atoms with E-state index in [0.29, 0.717) is 18.4 Å². The number of methoxy groups -OCH3 is 1. The van der Waals surface area contributed by atoms with E-state index < -0.39 is 17.5 Å². The van der Waals surface area contributed by atoms with E-state index in [2.05, 4.69) is 20.6 Å². The predicted molar refractivity (Wildman–Crippen MR) is 72.3 cm³/mol. The number of anilines is 3. The van der Waals surface area contributed by atoms with Crippen LogP contribution in [-0.4, -0.2) is 23.6 Å². The SMILES string of the molecule is CCNc1ncnc(Nc2cc(F)cc(F)c2F)c1OC. The molecule has 0 bridgehead atoms. The Hall–Kier alpha value is -2.51. The van der Waals surface area contributed by atoms with E-state index in [1.807, 2.05) is 6.92 Å². The van der Waals surface area contributed by atoms with Gasteiger partial charge in [-0.15, -0.1) is 0 Å². The van der Waals surface area contributed by atoms with Gasteiger partial charge in [-0.05, 0) is 6.92 Å². The zero-order valence-electron chi connectivity index (χ0n) is 11.4. The van der Waals surface area contributed by atoms with Crippen LogP contribution in [0.25, 0.3) is 0 Å². The Labute approximate surface area is 119 Å². The maximum absolute atomic E-state index is 13.6. The number of rotatable bonds is 5. The van der Waals surface area contributed by atoms with E-state index in [-0.39, 0.29) is 17.3 Å². The third kappa shape index (κ3) is 3.15. The van der Waals surface area contributed by atoms with Crippen molar-refractivity contribution in [3.05, 3.63) is 35.9 Å². The highest BCUT2D eigenvalue weighted by atomic mass is 19.2. The lowest BCUT2D eigenvalue weighted by Gasteiger charge is -2.14. The quantitative estimate of drug-likeness (QED) is 0.831. The molecule has 0 spiro atoms. The first kappa shape index (κ1) is 14.9. The average Bonchev–Trinajstić information content (AvgIpc) is 2.45. The Morgan fingerprint density at radius 1 is 1.14 bits per heavy atom. The standard InChI is InChI=1S/C13H13F3N4O/c1-3-17-12-11(21-2)13(19-6-18-12)20-9-5-7(14)4-8(15)10(9)16/h4-6H,3H2,1-2H3,(H2,17,18,19,20). The fourth-order valence-electron chi connectivity index (χ4n) is 1.72. The summed E-state index contributed by atoms with van der Waals surface area (Å²) in [6.07, 6.45) is 1.22. The van der Waals surface area contributed by atoms with Crippen LogP contribution in [-0.2, 0) is 0 Å². The van der Waals surface area contributed by atoms with Gasteiger partial charge >= 0.3 is 0 Å². The third-order valence-electron chi connectivity index (χ3n) is 2.60. The Kier molecular flexibility index (Phi) is 4.46. The summed E-state index contributed by atoms with van der Waals surface area (Å²) >= 11 is 0. The molecule has 0 aliphatic rings. The number of aromatic nitrogens is 2. The van der Waals surface area contributed by atoms with E-state index in [1.54, 1.807) is 0 Å². The second kappa shape index (κ2) is 6.29. The number of nitrogens with zero attached hydrogens (tertiary/aromatic N) is 2. The summed E-state index contributed by atoms with van der Waals surface area (Å²) in [5.74, 6) is -2.72. The van der Waals surface area contributed by atoms with E-state index in [0.717, 1.165) is 6.07 Å². The van der Waals surface area contributed by atoms with Crippen LogP contribution in [0.4, 0.5) is 30.5 Å². The number of hydrogen-bond acceptors (Lipinski definition) is 5. The summed E-state index contributed by atoms with van der Waals surface area (Å²) in [6, 6.07) is 1.29. The second-order valence-corrected chi connectivity index (χ2v) is 4.01. The molecule has 1 aromatic heterocycles. The van der Waals surface area contributed by atoms with E-state index in [4.69, 9.17) is 4.74 Å². The molecule has 21 heavy (non-hydrogen) atoms. The average molecular weight is 298 g/mol. The summed E-state index contributed by atoms with van der Waals surface area (Å²) in [5.41, 5.74) is -0.382. The molecule has 0 aliphatic carbocycles. The molecule has 0 fully saturated rings. The lowest BCUT2D eigenvalue weighted by Crippen LogP contribution is -2.07. The van der Waals surface area contributed by atoms with Gasteiger partial charge in [-0.25, -0.2) is 23.1 Å². The molecule has 0 saturated heterocycles. The molecule has 8 heteroatoms. The Balaban J connectivity index is 2.42. The number of ether oxygens (including phenoxy) is 1. The molecule has 2 N–H and O–H groups in total. The Morgan fingerprint density at radius 3 is 2.52 bits per heavy atom. The van der Waals surface area contributed by atoms with Crippen molar-refractivity contribution in [3.63, 3.8) is 0 Å². The zero-order chi connectivity index (χ0) is 15.4. The van der Waals surface area contributed by atoms with Crippen LogP contribution in [0, 0.1) is 17.5 Å². The van der Waals surface area contributed by atoms with Crippen LogP contribution in [0.1, 0.15) is 6.92 Å². The van der Waals surface area contributed by atoms with Gasteiger partial charge in [0.2, 0.25) is 5.75 Å².